The molecule has 0 heterocycles. The lowest BCUT2D eigenvalue weighted by Gasteiger charge is -2.42. The van der Waals surface area contributed by atoms with Crippen LogP contribution in [0.3, 0.4) is 0 Å². The SMILES string of the molecule is CCCCC(CCCC)(CN(CCO)CCO)CN(CCO)CCO. The van der Waals surface area contributed by atoms with E-state index in [4.69, 9.17) is 0 Å². The zero-order chi connectivity index (χ0) is 19.0. The number of aliphatic hydroxyl groups excluding tert-OH is 4. The van der Waals surface area contributed by atoms with Gasteiger partial charge < -0.3 is 20.4 Å². The molecule has 0 fully saturated rings. The Morgan fingerprint density at radius 3 is 1.16 bits per heavy atom. The van der Waals surface area contributed by atoms with E-state index in [1.54, 1.807) is 0 Å². The Balaban J connectivity index is 5.33. The van der Waals surface area contributed by atoms with E-state index >= 15 is 0 Å². The average Bonchev–Trinajstić information content (AvgIpc) is 2.59. The van der Waals surface area contributed by atoms with Crippen molar-refractivity contribution in [1.82, 2.24) is 9.80 Å². The first-order valence-corrected chi connectivity index (χ1v) is 9.99. The van der Waals surface area contributed by atoms with Crippen molar-refractivity contribution in [3.05, 3.63) is 0 Å². The molecule has 0 atom stereocenters. The maximum Gasteiger partial charge on any atom is 0.0558 e. The third kappa shape index (κ3) is 11.2. The average molecular weight is 363 g/mol. The van der Waals surface area contributed by atoms with Gasteiger partial charge >= 0.3 is 0 Å². The minimum absolute atomic E-state index is 0.0562. The molecular formula is C19H42N2O4. The second-order valence-corrected chi connectivity index (χ2v) is 7.15. The van der Waals surface area contributed by atoms with E-state index in [0.29, 0.717) is 26.2 Å². The second-order valence-electron chi connectivity index (χ2n) is 7.15. The Morgan fingerprint density at radius 2 is 0.920 bits per heavy atom. The predicted molar refractivity (Wildman–Crippen MR) is 103 cm³/mol. The summed E-state index contributed by atoms with van der Waals surface area (Å²) >= 11 is 0. The number of nitrogens with zero attached hydrogens (tertiary/aromatic N) is 2. The van der Waals surface area contributed by atoms with E-state index in [9.17, 15) is 20.4 Å². The lowest BCUT2D eigenvalue weighted by Crippen LogP contribution is -2.48. The molecule has 0 radical (unpaired) electrons. The van der Waals surface area contributed by atoms with Gasteiger partial charge in [-0.2, -0.15) is 0 Å². The fraction of sp³-hybridized carbons (Fsp3) is 1.00. The van der Waals surface area contributed by atoms with Crippen LogP contribution in [0.4, 0.5) is 0 Å². The second kappa shape index (κ2) is 16.0. The summed E-state index contributed by atoms with van der Waals surface area (Å²) in [5.41, 5.74) is 0.0562. The number of rotatable bonds is 18. The van der Waals surface area contributed by atoms with E-state index in [2.05, 4.69) is 23.6 Å². The smallest absolute Gasteiger partial charge is 0.0558 e. The lowest BCUT2D eigenvalue weighted by atomic mass is 9.77. The van der Waals surface area contributed by atoms with Crippen LogP contribution in [-0.2, 0) is 0 Å². The van der Waals surface area contributed by atoms with Crippen LogP contribution in [0.5, 0.6) is 0 Å². The lowest BCUT2D eigenvalue weighted by molar-refractivity contribution is 0.0441. The van der Waals surface area contributed by atoms with E-state index < -0.39 is 0 Å². The topological polar surface area (TPSA) is 87.4 Å². The largest absolute Gasteiger partial charge is 0.395 e. The van der Waals surface area contributed by atoms with Crippen LogP contribution in [-0.4, -0.2) is 95.9 Å². The number of unbranched alkanes of at least 4 members (excludes halogenated alkanes) is 2. The van der Waals surface area contributed by atoms with Crippen molar-refractivity contribution >= 4 is 0 Å². The Hall–Kier alpha value is -0.240. The Labute approximate surface area is 154 Å². The summed E-state index contributed by atoms with van der Waals surface area (Å²) in [4.78, 5) is 4.31. The third-order valence-corrected chi connectivity index (χ3v) is 4.90. The fourth-order valence-corrected chi connectivity index (χ4v) is 3.65. The highest BCUT2D eigenvalue weighted by Crippen LogP contribution is 2.33. The van der Waals surface area contributed by atoms with Gasteiger partial charge in [0.05, 0.1) is 26.4 Å². The first kappa shape index (κ1) is 24.8. The van der Waals surface area contributed by atoms with Crippen molar-refractivity contribution in [2.75, 3.05) is 65.7 Å². The Morgan fingerprint density at radius 1 is 0.600 bits per heavy atom. The molecule has 0 bridgehead atoms. The van der Waals surface area contributed by atoms with Crippen molar-refractivity contribution in [1.29, 1.82) is 0 Å². The minimum Gasteiger partial charge on any atom is -0.395 e. The molecule has 0 amide bonds. The molecule has 0 aromatic rings. The van der Waals surface area contributed by atoms with Gasteiger partial charge in [-0.3, -0.25) is 9.80 Å². The van der Waals surface area contributed by atoms with Crippen LogP contribution < -0.4 is 0 Å². The standard InChI is InChI=1S/C19H42N2O4/c1-3-5-7-19(8-6-4-2,17-20(9-13-22)10-14-23)18-21(11-15-24)12-16-25/h22-25H,3-18H2,1-2H3. The number of hydrogen-bond acceptors (Lipinski definition) is 6. The first-order valence-electron chi connectivity index (χ1n) is 9.99. The van der Waals surface area contributed by atoms with Crippen molar-refractivity contribution in [2.24, 2.45) is 5.41 Å². The van der Waals surface area contributed by atoms with Gasteiger partial charge in [0.15, 0.2) is 0 Å². The van der Waals surface area contributed by atoms with Gasteiger partial charge in [-0.25, -0.2) is 0 Å². The van der Waals surface area contributed by atoms with Gasteiger partial charge in [0.1, 0.15) is 0 Å². The van der Waals surface area contributed by atoms with Crippen molar-refractivity contribution in [2.45, 2.75) is 52.4 Å². The number of aliphatic hydroxyl groups is 4. The summed E-state index contributed by atoms with van der Waals surface area (Å²) in [6.45, 7) is 8.71. The zero-order valence-corrected chi connectivity index (χ0v) is 16.5. The summed E-state index contributed by atoms with van der Waals surface area (Å²) in [5, 5.41) is 37.5. The summed E-state index contributed by atoms with van der Waals surface area (Å²) in [5.74, 6) is 0. The molecule has 0 aromatic heterocycles. The van der Waals surface area contributed by atoms with Crippen molar-refractivity contribution in [3.63, 3.8) is 0 Å². The normalized spacial score (nSPS) is 12.5. The molecule has 0 saturated heterocycles. The van der Waals surface area contributed by atoms with Crippen LogP contribution in [0.2, 0.25) is 0 Å². The number of hydrogen-bond donors (Lipinski definition) is 4. The summed E-state index contributed by atoms with van der Waals surface area (Å²) in [6, 6.07) is 0. The van der Waals surface area contributed by atoms with Crippen molar-refractivity contribution in [3.8, 4) is 0 Å². The minimum atomic E-state index is 0.0562. The summed E-state index contributed by atoms with van der Waals surface area (Å²) < 4.78 is 0. The molecule has 4 N–H and O–H groups in total. The van der Waals surface area contributed by atoms with Crippen LogP contribution in [0.15, 0.2) is 0 Å². The molecule has 0 rings (SSSR count). The van der Waals surface area contributed by atoms with Gasteiger partial charge in [0.25, 0.3) is 0 Å². The molecule has 0 aliphatic heterocycles. The molecule has 6 heteroatoms. The van der Waals surface area contributed by atoms with E-state index in [-0.39, 0.29) is 31.8 Å². The van der Waals surface area contributed by atoms with E-state index in [1.165, 1.54) is 0 Å². The van der Waals surface area contributed by atoms with Crippen molar-refractivity contribution < 1.29 is 20.4 Å². The quantitative estimate of drug-likeness (QED) is 0.290. The molecule has 0 saturated carbocycles. The molecule has 0 aromatic carbocycles. The van der Waals surface area contributed by atoms with Gasteiger partial charge in [-0.15, -0.1) is 0 Å². The van der Waals surface area contributed by atoms with Crippen LogP contribution in [0, 0.1) is 5.41 Å². The van der Waals surface area contributed by atoms with E-state index in [1.807, 2.05) is 0 Å². The summed E-state index contributed by atoms with van der Waals surface area (Å²) in [7, 11) is 0. The molecule has 25 heavy (non-hydrogen) atoms. The monoisotopic (exact) mass is 362 g/mol. The maximum atomic E-state index is 9.36. The molecule has 152 valence electrons. The highest BCUT2D eigenvalue weighted by Gasteiger charge is 2.33. The first-order chi connectivity index (χ1) is 12.1. The maximum absolute atomic E-state index is 9.36. The zero-order valence-electron chi connectivity index (χ0n) is 16.5. The molecule has 0 unspecified atom stereocenters. The predicted octanol–water partition coefficient (Wildman–Crippen LogP) is 0.926. The van der Waals surface area contributed by atoms with Gasteiger partial charge in [0.2, 0.25) is 0 Å². The van der Waals surface area contributed by atoms with Gasteiger partial charge in [-0.05, 0) is 18.3 Å². The highest BCUT2D eigenvalue weighted by atomic mass is 16.3. The van der Waals surface area contributed by atoms with Gasteiger partial charge in [-0.1, -0.05) is 39.5 Å². The summed E-state index contributed by atoms with van der Waals surface area (Å²) in [6.07, 6.45) is 6.72. The Kier molecular flexibility index (Phi) is 15.8. The van der Waals surface area contributed by atoms with E-state index in [0.717, 1.165) is 51.6 Å². The van der Waals surface area contributed by atoms with Crippen LogP contribution in [0.25, 0.3) is 0 Å². The van der Waals surface area contributed by atoms with Crippen LogP contribution >= 0.6 is 0 Å². The molecule has 0 aliphatic carbocycles. The highest BCUT2D eigenvalue weighted by molar-refractivity contribution is 4.86. The molecule has 6 nitrogen and oxygen atoms in total. The molecular weight excluding hydrogens is 320 g/mol. The van der Waals surface area contributed by atoms with Gasteiger partial charge in [0, 0.05) is 39.3 Å². The van der Waals surface area contributed by atoms with Crippen LogP contribution in [0.1, 0.15) is 52.4 Å². The molecule has 0 aliphatic rings. The molecule has 0 spiro atoms. The fourth-order valence-electron chi connectivity index (χ4n) is 3.65. The third-order valence-electron chi connectivity index (χ3n) is 4.90. The Bertz CT molecular complexity index is 253.